The van der Waals surface area contributed by atoms with Crippen molar-refractivity contribution >= 4 is 0 Å². The fraction of sp³-hybridized carbons (Fsp3) is 0.625. The van der Waals surface area contributed by atoms with Crippen LogP contribution in [0.4, 0.5) is 0 Å². The van der Waals surface area contributed by atoms with Crippen LogP contribution in [0.15, 0.2) is 24.3 Å². The van der Waals surface area contributed by atoms with Crippen molar-refractivity contribution in [2.45, 2.75) is 38.1 Å². The second-order valence-corrected chi connectivity index (χ2v) is 5.68. The summed E-state index contributed by atoms with van der Waals surface area (Å²) in [5.74, 6) is 0. The van der Waals surface area contributed by atoms with Crippen LogP contribution in [0, 0.1) is 6.92 Å². The maximum Gasteiger partial charge on any atom is 0.0971 e. The molecule has 1 heterocycles. The first-order chi connectivity index (χ1) is 9.56. The van der Waals surface area contributed by atoms with Crippen LogP contribution in [0.25, 0.3) is 0 Å². The highest BCUT2D eigenvalue weighted by Crippen LogP contribution is 2.24. The van der Waals surface area contributed by atoms with Gasteiger partial charge >= 0.3 is 0 Å². The van der Waals surface area contributed by atoms with Gasteiger partial charge in [0.1, 0.15) is 0 Å². The van der Waals surface area contributed by atoms with Crippen molar-refractivity contribution in [2.24, 2.45) is 5.73 Å². The summed E-state index contributed by atoms with van der Waals surface area (Å²) in [5.41, 5.74) is 8.86. The molecule has 4 atom stereocenters. The average molecular weight is 278 g/mol. The molecule has 1 saturated heterocycles. The van der Waals surface area contributed by atoms with Gasteiger partial charge in [0.25, 0.3) is 0 Å². The fourth-order valence-corrected chi connectivity index (χ4v) is 2.85. The van der Waals surface area contributed by atoms with Gasteiger partial charge in [-0.1, -0.05) is 29.8 Å². The van der Waals surface area contributed by atoms with Crippen molar-refractivity contribution in [1.82, 2.24) is 4.90 Å². The Balaban J connectivity index is 2.04. The largest absolute Gasteiger partial charge is 0.377 e. The molecule has 0 radical (unpaired) electrons. The van der Waals surface area contributed by atoms with E-state index in [2.05, 4.69) is 43.0 Å². The zero-order valence-corrected chi connectivity index (χ0v) is 12.9. The molecular formula is C16H26N2O2. The molecule has 0 spiro atoms. The number of benzene rings is 1. The molecule has 0 bridgehead atoms. The van der Waals surface area contributed by atoms with Crippen molar-refractivity contribution < 1.29 is 9.47 Å². The first-order valence-corrected chi connectivity index (χ1v) is 7.18. The third-order valence-corrected chi connectivity index (χ3v) is 4.41. The van der Waals surface area contributed by atoms with Crippen LogP contribution >= 0.6 is 0 Å². The smallest absolute Gasteiger partial charge is 0.0971 e. The minimum atomic E-state index is 0.00344. The molecule has 1 aliphatic heterocycles. The monoisotopic (exact) mass is 278 g/mol. The van der Waals surface area contributed by atoms with E-state index in [1.807, 2.05) is 0 Å². The van der Waals surface area contributed by atoms with Gasteiger partial charge in [0.05, 0.1) is 12.2 Å². The summed E-state index contributed by atoms with van der Waals surface area (Å²) in [4.78, 5) is 2.35. The highest BCUT2D eigenvalue weighted by atomic mass is 16.5. The molecule has 2 rings (SSSR count). The Labute approximate surface area is 121 Å². The molecule has 0 amide bonds. The predicted molar refractivity (Wildman–Crippen MR) is 80.7 cm³/mol. The maximum absolute atomic E-state index is 6.42. The second-order valence-electron chi connectivity index (χ2n) is 5.68. The van der Waals surface area contributed by atoms with Crippen LogP contribution in [-0.4, -0.2) is 50.5 Å². The van der Waals surface area contributed by atoms with Gasteiger partial charge < -0.3 is 15.2 Å². The van der Waals surface area contributed by atoms with E-state index in [1.54, 1.807) is 14.2 Å². The molecule has 0 aromatic heterocycles. The van der Waals surface area contributed by atoms with E-state index in [-0.39, 0.29) is 24.3 Å². The summed E-state index contributed by atoms with van der Waals surface area (Å²) in [6, 6.07) is 8.73. The molecule has 4 heteroatoms. The lowest BCUT2D eigenvalue weighted by Crippen LogP contribution is -2.40. The number of nitrogens with zero attached hydrogens (tertiary/aromatic N) is 1. The van der Waals surface area contributed by atoms with E-state index >= 15 is 0 Å². The summed E-state index contributed by atoms with van der Waals surface area (Å²) >= 11 is 0. The van der Waals surface area contributed by atoms with Gasteiger partial charge in [0.15, 0.2) is 0 Å². The molecule has 112 valence electrons. The number of rotatable bonds is 5. The molecule has 0 saturated carbocycles. The van der Waals surface area contributed by atoms with E-state index in [0.717, 1.165) is 13.1 Å². The van der Waals surface area contributed by atoms with Crippen LogP contribution in [0.3, 0.4) is 0 Å². The van der Waals surface area contributed by atoms with Crippen molar-refractivity contribution in [2.75, 3.05) is 27.3 Å². The number of nitrogens with two attached hydrogens (primary N) is 1. The number of hydrogen-bond acceptors (Lipinski definition) is 4. The summed E-state index contributed by atoms with van der Waals surface area (Å²) in [5, 5.41) is 0. The number of aryl methyl sites for hydroxylation is 1. The Kier molecular flexibility index (Phi) is 5.16. The molecule has 4 unspecified atom stereocenters. The standard InChI is InChI=1S/C16H26N2O2/c1-11-5-7-13(8-6-11)16(17)12(2)18-9-14(19-3)15(10-18)20-4/h5-8,12,14-16H,9-10,17H2,1-4H3. The summed E-state index contributed by atoms with van der Waals surface area (Å²) in [7, 11) is 3.48. The van der Waals surface area contributed by atoms with Gasteiger partial charge in [-0.2, -0.15) is 0 Å². The van der Waals surface area contributed by atoms with E-state index in [9.17, 15) is 0 Å². The lowest BCUT2D eigenvalue weighted by molar-refractivity contribution is -0.00461. The first-order valence-electron chi connectivity index (χ1n) is 7.18. The lowest BCUT2D eigenvalue weighted by Gasteiger charge is -2.29. The Morgan fingerprint density at radius 3 is 2.05 bits per heavy atom. The van der Waals surface area contributed by atoms with Crippen molar-refractivity contribution in [3.63, 3.8) is 0 Å². The van der Waals surface area contributed by atoms with Crippen LogP contribution in [0.2, 0.25) is 0 Å². The predicted octanol–water partition coefficient (Wildman–Crippen LogP) is 1.73. The molecule has 1 aliphatic rings. The minimum absolute atomic E-state index is 0.00344. The van der Waals surface area contributed by atoms with Gasteiger partial charge in [-0.05, 0) is 19.4 Å². The molecule has 1 aromatic carbocycles. The van der Waals surface area contributed by atoms with Crippen molar-refractivity contribution in [3.05, 3.63) is 35.4 Å². The number of hydrogen-bond donors (Lipinski definition) is 1. The van der Waals surface area contributed by atoms with Gasteiger partial charge in [0, 0.05) is 39.4 Å². The number of likely N-dealkylation sites (tertiary alicyclic amines) is 1. The van der Waals surface area contributed by atoms with Gasteiger partial charge in [-0.15, -0.1) is 0 Å². The SMILES string of the molecule is COC1CN(C(C)C(N)c2ccc(C)cc2)CC1OC. The highest BCUT2D eigenvalue weighted by molar-refractivity contribution is 5.25. The molecule has 4 nitrogen and oxygen atoms in total. The van der Waals surface area contributed by atoms with Crippen molar-refractivity contribution in [1.29, 1.82) is 0 Å². The van der Waals surface area contributed by atoms with Gasteiger partial charge in [-0.25, -0.2) is 0 Å². The minimum Gasteiger partial charge on any atom is -0.377 e. The Morgan fingerprint density at radius 2 is 1.60 bits per heavy atom. The third kappa shape index (κ3) is 3.20. The zero-order chi connectivity index (χ0) is 14.7. The van der Waals surface area contributed by atoms with Crippen LogP contribution < -0.4 is 5.73 Å². The number of ether oxygens (including phenoxy) is 2. The molecule has 20 heavy (non-hydrogen) atoms. The molecular weight excluding hydrogens is 252 g/mol. The van der Waals surface area contributed by atoms with E-state index in [1.165, 1.54) is 11.1 Å². The number of methoxy groups -OCH3 is 2. The highest BCUT2D eigenvalue weighted by Gasteiger charge is 2.36. The first kappa shape index (κ1) is 15.4. The van der Waals surface area contributed by atoms with Crippen LogP contribution in [0.1, 0.15) is 24.1 Å². The Hall–Kier alpha value is -0.940. The van der Waals surface area contributed by atoms with Crippen molar-refractivity contribution in [3.8, 4) is 0 Å². The summed E-state index contributed by atoms with van der Waals surface area (Å²) in [6.45, 7) is 6.01. The van der Waals surface area contributed by atoms with E-state index in [4.69, 9.17) is 15.2 Å². The quantitative estimate of drug-likeness (QED) is 0.891. The normalized spacial score (nSPS) is 26.6. The Bertz CT molecular complexity index is 409. The van der Waals surface area contributed by atoms with E-state index < -0.39 is 0 Å². The topological polar surface area (TPSA) is 47.7 Å². The molecule has 0 aliphatic carbocycles. The molecule has 1 aromatic rings. The van der Waals surface area contributed by atoms with Gasteiger partial charge in [-0.3, -0.25) is 4.90 Å². The second kappa shape index (κ2) is 6.68. The van der Waals surface area contributed by atoms with E-state index in [0.29, 0.717) is 0 Å². The third-order valence-electron chi connectivity index (χ3n) is 4.41. The van der Waals surface area contributed by atoms with Crippen LogP contribution in [0.5, 0.6) is 0 Å². The summed E-state index contributed by atoms with van der Waals surface area (Å²) < 4.78 is 11.0. The maximum atomic E-state index is 6.42. The van der Waals surface area contributed by atoms with Gasteiger partial charge in [0.2, 0.25) is 0 Å². The molecule has 1 fully saturated rings. The van der Waals surface area contributed by atoms with Crippen LogP contribution in [-0.2, 0) is 9.47 Å². The average Bonchev–Trinajstić information content (AvgIpc) is 2.89. The Morgan fingerprint density at radius 1 is 1.10 bits per heavy atom. The fourth-order valence-electron chi connectivity index (χ4n) is 2.85. The lowest BCUT2D eigenvalue weighted by atomic mass is 9.99. The summed E-state index contributed by atoms with van der Waals surface area (Å²) in [6.07, 6.45) is 0.264. The zero-order valence-electron chi connectivity index (χ0n) is 12.9. The molecule has 2 N–H and O–H groups in total.